The van der Waals surface area contributed by atoms with E-state index in [1.54, 1.807) is 0 Å². The van der Waals surface area contributed by atoms with E-state index in [1.807, 2.05) is 6.08 Å². The average molecular weight is 781 g/mol. The van der Waals surface area contributed by atoms with Crippen molar-refractivity contribution in [3.8, 4) is 0 Å². The highest BCUT2D eigenvalue weighted by Crippen LogP contribution is 2.68. The Morgan fingerprint density at radius 1 is 1.04 bits per heavy atom. The summed E-state index contributed by atoms with van der Waals surface area (Å²) in [5, 5.41) is 36.8. The molecule has 14 atom stereocenters. The van der Waals surface area contributed by atoms with Gasteiger partial charge in [-0.25, -0.2) is 4.18 Å². The Bertz CT molecular complexity index is 1570. The SMILES string of the molecule is CC(=O)N[C@H]1[C@H](O[C@H]2C=C3CC(OS(=O)(=O)O)CC[C@]3(C)[C@H]3CC[C@]4(C)[C@@H]([C@H](C)CCC(=O)NCCS(=O)(=O)O)CC[C@H]4[C@H]23)O[C@H](CO)[C@@H](O)[C@@H]1O. The second kappa shape index (κ2) is 15.8. The van der Waals surface area contributed by atoms with Crippen molar-refractivity contribution in [2.45, 2.75) is 128 Å². The maximum absolute atomic E-state index is 12.5. The smallest absolute Gasteiger partial charge is 0.394 e. The third kappa shape index (κ3) is 8.87. The molecule has 1 aliphatic heterocycles. The van der Waals surface area contributed by atoms with Gasteiger partial charge in [-0.15, -0.1) is 0 Å². The molecule has 2 amide bonds. The molecule has 16 nitrogen and oxygen atoms in total. The van der Waals surface area contributed by atoms with E-state index < -0.39 is 81.6 Å². The Hall–Kier alpha value is -1.74. The van der Waals surface area contributed by atoms with Gasteiger partial charge < -0.3 is 35.4 Å². The van der Waals surface area contributed by atoms with Crippen LogP contribution in [0.1, 0.15) is 85.5 Å². The fourth-order valence-electron chi connectivity index (χ4n) is 10.7. The van der Waals surface area contributed by atoms with Crippen LogP contribution in [-0.4, -0.2) is 115 Å². The van der Waals surface area contributed by atoms with Gasteiger partial charge >= 0.3 is 10.4 Å². The van der Waals surface area contributed by atoms with Crippen LogP contribution in [0.3, 0.4) is 0 Å². The average Bonchev–Trinajstić information content (AvgIpc) is 3.39. The first-order valence-electron chi connectivity index (χ1n) is 18.3. The minimum absolute atomic E-state index is 0.0642. The molecule has 52 heavy (non-hydrogen) atoms. The lowest BCUT2D eigenvalue weighted by Gasteiger charge is -2.60. The van der Waals surface area contributed by atoms with Crippen LogP contribution in [0.25, 0.3) is 0 Å². The maximum atomic E-state index is 12.5. The number of rotatable bonds is 13. The number of amides is 2. The summed E-state index contributed by atoms with van der Waals surface area (Å²) in [6, 6.07) is -1.16. The topological polar surface area (TPSA) is 255 Å². The zero-order valence-electron chi connectivity index (χ0n) is 30.2. The Kier molecular flexibility index (Phi) is 12.6. The summed E-state index contributed by atoms with van der Waals surface area (Å²) >= 11 is 0. The lowest BCUT2D eigenvalue weighted by atomic mass is 9.46. The van der Waals surface area contributed by atoms with Gasteiger partial charge in [0.25, 0.3) is 10.1 Å². The van der Waals surface area contributed by atoms with Gasteiger partial charge in [0.1, 0.15) is 24.4 Å². The van der Waals surface area contributed by atoms with Gasteiger partial charge in [0.2, 0.25) is 11.8 Å². The summed E-state index contributed by atoms with van der Waals surface area (Å²) < 4.78 is 81.6. The van der Waals surface area contributed by atoms with Crippen LogP contribution in [0.5, 0.6) is 0 Å². The first-order valence-corrected chi connectivity index (χ1v) is 21.3. The fourth-order valence-corrected chi connectivity index (χ4v) is 11.5. The minimum Gasteiger partial charge on any atom is -0.394 e. The van der Waals surface area contributed by atoms with Crippen LogP contribution in [0.2, 0.25) is 0 Å². The molecule has 5 aliphatic rings. The molecule has 18 heteroatoms. The molecule has 1 heterocycles. The lowest BCUT2D eigenvalue weighted by molar-refractivity contribution is -0.289. The number of carbonyl (C=O) groups excluding carboxylic acids is 2. The van der Waals surface area contributed by atoms with Crippen molar-refractivity contribution < 1.29 is 64.5 Å². The highest BCUT2D eigenvalue weighted by atomic mass is 32.3. The summed E-state index contributed by atoms with van der Waals surface area (Å²) in [4.78, 5) is 24.7. The molecule has 1 saturated heterocycles. The van der Waals surface area contributed by atoms with E-state index >= 15 is 0 Å². The molecule has 7 N–H and O–H groups in total. The number of ether oxygens (including phenoxy) is 2. The predicted molar refractivity (Wildman–Crippen MR) is 185 cm³/mol. The van der Waals surface area contributed by atoms with Crippen molar-refractivity contribution in [2.75, 3.05) is 18.9 Å². The van der Waals surface area contributed by atoms with Crippen molar-refractivity contribution >= 4 is 32.3 Å². The highest BCUT2D eigenvalue weighted by Gasteiger charge is 2.62. The van der Waals surface area contributed by atoms with E-state index in [4.69, 9.17) is 18.2 Å². The summed E-state index contributed by atoms with van der Waals surface area (Å²) in [7, 11) is -8.87. The van der Waals surface area contributed by atoms with Crippen LogP contribution >= 0.6 is 0 Å². The van der Waals surface area contributed by atoms with Crippen molar-refractivity contribution in [2.24, 2.45) is 40.4 Å². The molecule has 0 spiro atoms. The van der Waals surface area contributed by atoms with Crippen molar-refractivity contribution in [3.05, 3.63) is 11.6 Å². The van der Waals surface area contributed by atoms with E-state index in [1.165, 1.54) is 6.92 Å². The Labute approximate surface area is 306 Å². The zero-order chi connectivity index (χ0) is 38.4. The van der Waals surface area contributed by atoms with Crippen molar-refractivity contribution in [1.82, 2.24) is 10.6 Å². The van der Waals surface area contributed by atoms with Crippen LogP contribution in [0.4, 0.5) is 0 Å². The third-order valence-corrected chi connectivity index (χ3v) is 14.4. The van der Waals surface area contributed by atoms with Gasteiger partial charge in [-0.1, -0.05) is 32.4 Å². The quantitative estimate of drug-likeness (QED) is 0.102. The van der Waals surface area contributed by atoms with E-state index in [9.17, 15) is 46.3 Å². The minimum atomic E-state index is -4.69. The first kappa shape index (κ1) is 41.4. The van der Waals surface area contributed by atoms with Gasteiger partial charge in [0.15, 0.2) is 6.29 Å². The summed E-state index contributed by atoms with van der Waals surface area (Å²) in [5.74, 6) is -0.717. The molecule has 5 rings (SSSR count). The Balaban J connectivity index is 1.43. The molecular weight excluding hydrogens is 725 g/mol. The molecule has 0 aromatic heterocycles. The standard InChI is InChI=1S/C34H56N2O14S2/c1-18(5-8-27(39)35-13-14-51(42,43)44)22-6-7-23-28-24(10-12-34(22,23)4)33(3)11-9-21(50-52(45,46)47)15-20(33)16-25(28)48-32-29(36-19(2)38)31(41)30(40)26(17-37)49-32/h16,18,21-26,28-32,37,40-41H,5-15,17H2,1-4H3,(H,35,39)(H,36,38)(H,42,43,44)(H,45,46,47)/t18-,21?,22-,23+,24+,25+,26-,28+,29-,30-,31-,32-,33+,34-/m1/s1. The second-order valence-corrected chi connectivity index (χ2v) is 18.8. The van der Waals surface area contributed by atoms with Crippen molar-refractivity contribution in [3.63, 3.8) is 0 Å². The number of carbonyl (C=O) groups is 2. The van der Waals surface area contributed by atoms with Gasteiger partial charge in [-0.05, 0) is 91.8 Å². The monoisotopic (exact) mass is 780 g/mol. The van der Waals surface area contributed by atoms with Crippen molar-refractivity contribution in [1.29, 1.82) is 0 Å². The normalized spacial score (nSPS) is 41.2. The van der Waals surface area contributed by atoms with Crippen LogP contribution < -0.4 is 10.6 Å². The lowest BCUT2D eigenvalue weighted by Crippen LogP contribution is -2.65. The maximum Gasteiger partial charge on any atom is 0.397 e. The number of hydrogen-bond donors (Lipinski definition) is 7. The van der Waals surface area contributed by atoms with Gasteiger partial charge in [-0.2, -0.15) is 16.8 Å². The molecule has 298 valence electrons. The Morgan fingerprint density at radius 3 is 2.38 bits per heavy atom. The number of nitrogens with one attached hydrogen (secondary N) is 2. The molecule has 1 unspecified atom stereocenters. The third-order valence-electron chi connectivity index (χ3n) is 13.1. The van der Waals surface area contributed by atoms with E-state index in [2.05, 4.69) is 31.4 Å². The van der Waals surface area contributed by atoms with E-state index in [-0.39, 0.29) is 65.7 Å². The zero-order valence-corrected chi connectivity index (χ0v) is 31.9. The number of fused-ring (bicyclic) bond motifs is 5. The van der Waals surface area contributed by atoms with Gasteiger partial charge in [-0.3, -0.25) is 18.7 Å². The molecule has 0 aromatic rings. The van der Waals surface area contributed by atoms with E-state index in [0.29, 0.717) is 19.3 Å². The molecular formula is C34H56N2O14S2. The largest absolute Gasteiger partial charge is 0.397 e. The molecule has 4 fully saturated rings. The van der Waals surface area contributed by atoms with Gasteiger partial charge in [0.05, 0.1) is 24.6 Å². The second-order valence-electron chi connectivity index (χ2n) is 16.2. The highest BCUT2D eigenvalue weighted by molar-refractivity contribution is 7.85. The summed E-state index contributed by atoms with van der Waals surface area (Å²) in [5.41, 5.74) is 0.448. The predicted octanol–water partition coefficient (Wildman–Crippen LogP) is 1.11. The molecule has 0 radical (unpaired) electrons. The Morgan fingerprint density at radius 2 is 1.75 bits per heavy atom. The first-order chi connectivity index (χ1) is 24.2. The number of aliphatic hydroxyl groups is 3. The molecule has 0 aromatic carbocycles. The number of aliphatic hydroxyl groups excluding tert-OH is 3. The molecule has 0 bridgehead atoms. The van der Waals surface area contributed by atoms with E-state index in [0.717, 1.165) is 31.3 Å². The van der Waals surface area contributed by atoms with Gasteiger partial charge in [0, 0.05) is 19.9 Å². The molecule has 3 saturated carbocycles. The summed E-state index contributed by atoms with van der Waals surface area (Å²) in [6.45, 7) is 7.12. The summed E-state index contributed by atoms with van der Waals surface area (Å²) in [6.07, 6.45) is 0.782. The fraction of sp³-hybridized carbons (Fsp3) is 0.882. The van der Waals surface area contributed by atoms with Crippen LogP contribution in [-0.2, 0) is 43.8 Å². The van der Waals surface area contributed by atoms with Crippen LogP contribution in [0.15, 0.2) is 11.6 Å². The van der Waals surface area contributed by atoms with Crippen LogP contribution in [0, 0.1) is 40.4 Å². The molecule has 4 aliphatic carbocycles. The number of hydrogen-bond acceptors (Lipinski definition) is 12.